The van der Waals surface area contributed by atoms with E-state index in [1.807, 2.05) is 36.4 Å². The van der Waals surface area contributed by atoms with Crippen LogP contribution in [0.15, 0.2) is 78.9 Å². The average Bonchev–Trinajstić information content (AvgIpc) is 3.54. The van der Waals surface area contributed by atoms with Crippen LogP contribution in [0.25, 0.3) is 0 Å². The summed E-state index contributed by atoms with van der Waals surface area (Å²) in [5.41, 5.74) is 3.90. The Balaban J connectivity index is 1.30. The van der Waals surface area contributed by atoms with E-state index in [4.69, 9.17) is 11.6 Å². The van der Waals surface area contributed by atoms with Gasteiger partial charge >= 0.3 is 5.12 Å². The van der Waals surface area contributed by atoms with Crippen LogP contribution in [0.4, 0.5) is 5.69 Å². The zero-order chi connectivity index (χ0) is 29.9. The number of benzene rings is 3. The van der Waals surface area contributed by atoms with Crippen molar-refractivity contribution < 1.29 is 19.2 Å². The van der Waals surface area contributed by atoms with Gasteiger partial charge in [0, 0.05) is 54.6 Å². The SMILES string of the molecule is O=C(c1ccc(CN2C(=O)CN(C(=O)c3ccc(Cl)cc3)Cc3cc(C(=O)[S+]4CCNCC4)ccc32)cc1)N1CC=CC1. The smallest absolute Gasteiger partial charge is 0.331 e. The molecule has 6 rings (SSSR count). The van der Waals surface area contributed by atoms with Gasteiger partial charge in [-0.05, 0) is 65.7 Å². The monoisotopic (exact) mass is 615 g/mol. The number of amides is 3. The van der Waals surface area contributed by atoms with Gasteiger partial charge < -0.3 is 20.0 Å². The van der Waals surface area contributed by atoms with E-state index in [0.717, 1.165) is 35.7 Å². The molecule has 0 atom stereocenters. The van der Waals surface area contributed by atoms with E-state index in [1.165, 1.54) is 4.90 Å². The Morgan fingerprint density at radius 3 is 2.05 bits per heavy atom. The molecule has 0 spiro atoms. The Labute approximate surface area is 258 Å². The third-order valence-corrected chi connectivity index (χ3v) is 10.3. The van der Waals surface area contributed by atoms with Crippen molar-refractivity contribution in [1.29, 1.82) is 0 Å². The number of hydrogen-bond acceptors (Lipinski definition) is 5. The van der Waals surface area contributed by atoms with Crippen molar-refractivity contribution in [3.8, 4) is 0 Å². The number of carbonyl (C=O) groups is 4. The standard InChI is InChI=1S/C33H32ClN4O4S/c34-28-10-7-25(8-11-28)32(41)37-21-27-19-26(33(42)43-17-13-35-14-18-43)9-12-29(27)38(30(39)22-37)20-23-3-5-24(6-4-23)31(40)36-15-1-2-16-36/h1-12,19,35H,13-18,20-22H2/q+1. The van der Waals surface area contributed by atoms with Gasteiger partial charge in [-0.2, -0.15) is 0 Å². The molecule has 1 fully saturated rings. The fraction of sp³-hybridized carbons (Fsp3) is 0.273. The van der Waals surface area contributed by atoms with Crippen molar-refractivity contribution >= 4 is 51.0 Å². The minimum atomic E-state index is -0.360. The van der Waals surface area contributed by atoms with Gasteiger partial charge in [-0.3, -0.25) is 14.4 Å². The largest absolute Gasteiger partial charge is 0.362 e. The summed E-state index contributed by atoms with van der Waals surface area (Å²) >= 11 is 6.04. The summed E-state index contributed by atoms with van der Waals surface area (Å²) in [5, 5.41) is 3.95. The van der Waals surface area contributed by atoms with E-state index in [0.29, 0.717) is 40.5 Å². The number of halogens is 1. The van der Waals surface area contributed by atoms with E-state index in [-0.39, 0.29) is 53.4 Å². The molecule has 3 aromatic rings. The molecule has 8 nitrogen and oxygen atoms in total. The molecule has 1 saturated heterocycles. The summed E-state index contributed by atoms with van der Waals surface area (Å²) in [7, 11) is -0.360. The van der Waals surface area contributed by atoms with Crippen LogP contribution in [0.2, 0.25) is 5.02 Å². The second-order valence-corrected chi connectivity index (χ2v) is 13.4. The average molecular weight is 616 g/mol. The maximum absolute atomic E-state index is 13.8. The van der Waals surface area contributed by atoms with Gasteiger partial charge in [-0.15, -0.1) is 0 Å². The van der Waals surface area contributed by atoms with Crippen LogP contribution in [0, 0.1) is 0 Å². The van der Waals surface area contributed by atoms with Crippen LogP contribution in [-0.2, 0) is 28.8 Å². The maximum Gasteiger partial charge on any atom is 0.362 e. The van der Waals surface area contributed by atoms with E-state index in [9.17, 15) is 19.2 Å². The van der Waals surface area contributed by atoms with Gasteiger partial charge in [0.15, 0.2) is 0 Å². The molecular weight excluding hydrogens is 584 g/mol. The number of carbonyl (C=O) groups excluding carboxylic acids is 4. The van der Waals surface area contributed by atoms with Crippen LogP contribution in [0.1, 0.15) is 42.2 Å². The molecule has 0 bridgehead atoms. The molecule has 220 valence electrons. The van der Waals surface area contributed by atoms with Crippen LogP contribution >= 0.6 is 11.6 Å². The zero-order valence-corrected chi connectivity index (χ0v) is 25.2. The highest BCUT2D eigenvalue weighted by atomic mass is 35.5. The fourth-order valence-electron chi connectivity index (χ4n) is 5.57. The summed E-state index contributed by atoms with van der Waals surface area (Å²) < 4.78 is 0. The van der Waals surface area contributed by atoms with E-state index in [2.05, 4.69) is 5.32 Å². The van der Waals surface area contributed by atoms with Crippen molar-refractivity contribution in [2.45, 2.75) is 13.1 Å². The molecule has 0 aromatic heterocycles. The highest BCUT2D eigenvalue weighted by Crippen LogP contribution is 2.30. The Bertz CT molecular complexity index is 1580. The van der Waals surface area contributed by atoms with Crippen molar-refractivity contribution in [1.82, 2.24) is 15.1 Å². The highest BCUT2D eigenvalue weighted by Gasteiger charge is 2.35. The molecule has 1 N–H and O–H groups in total. The van der Waals surface area contributed by atoms with Crippen molar-refractivity contribution in [2.24, 2.45) is 0 Å². The predicted octanol–water partition coefficient (Wildman–Crippen LogP) is 3.90. The highest BCUT2D eigenvalue weighted by molar-refractivity contribution is 8.11. The van der Waals surface area contributed by atoms with Crippen molar-refractivity contribution in [2.75, 3.05) is 49.1 Å². The predicted molar refractivity (Wildman–Crippen MR) is 170 cm³/mol. The van der Waals surface area contributed by atoms with Gasteiger partial charge in [0.1, 0.15) is 18.1 Å². The first kappa shape index (κ1) is 29.2. The van der Waals surface area contributed by atoms with Gasteiger partial charge in [-0.1, -0.05) is 35.9 Å². The second-order valence-electron chi connectivity index (χ2n) is 10.8. The molecule has 10 heteroatoms. The number of fused-ring (bicyclic) bond motifs is 1. The lowest BCUT2D eigenvalue weighted by molar-refractivity contribution is -0.119. The van der Waals surface area contributed by atoms with Gasteiger partial charge in [0.05, 0.1) is 23.0 Å². The van der Waals surface area contributed by atoms with E-state index >= 15 is 0 Å². The van der Waals surface area contributed by atoms with Gasteiger partial charge in [0.25, 0.3) is 11.8 Å². The summed E-state index contributed by atoms with van der Waals surface area (Å²) in [6.07, 6.45) is 3.95. The first-order valence-electron chi connectivity index (χ1n) is 14.3. The fourth-order valence-corrected chi connectivity index (χ4v) is 7.51. The topological polar surface area (TPSA) is 90.0 Å². The van der Waals surface area contributed by atoms with Crippen molar-refractivity contribution in [3.63, 3.8) is 0 Å². The van der Waals surface area contributed by atoms with Crippen LogP contribution in [0.3, 0.4) is 0 Å². The van der Waals surface area contributed by atoms with Crippen LogP contribution in [-0.4, -0.2) is 76.9 Å². The first-order valence-corrected chi connectivity index (χ1v) is 16.3. The Hall–Kier alpha value is -3.92. The number of hydrogen-bond donors (Lipinski definition) is 1. The third-order valence-electron chi connectivity index (χ3n) is 7.93. The summed E-state index contributed by atoms with van der Waals surface area (Å²) in [4.78, 5) is 58.5. The molecule has 0 unspecified atom stereocenters. The summed E-state index contributed by atoms with van der Waals surface area (Å²) in [6.45, 7) is 3.19. The molecule has 43 heavy (non-hydrogen) atoms. The molecule has 3 aliphatic heterocycles. The van der Waals surface area contributed by atoms with Crippen LogP contribution < -0.4 is 10.2 Å². The molecule has 3 aliphatic rings. The number of rotatable bonds is 5. The van der Waals surface area contributed by atoms with E-state index in [1.54, 1.807) is 52.3 Å². The third kappa shape index (κ3) is 6.39. The molecule has 0 saturated carbocycles. The first-order chi connectivity index (χ1) is 20.9. The zero-order valence-electron chi connectivity index (χ0n) is 23.6. The number of nitrogens with one attached hydrogen (secondary N) is 1. The van der Waals surface area contributed by atoms with Gasteiger partial charge in [-0.25, -0.2) is 4.79 Å². The Morgan fingerprint density at radius 2 is 1.37 bits per heavy atom. The van der Waals surface area contributed by atoms with Gasteiger partial charge in [0.2, 0.25) is 5.91 Å². The summed E-state index contributed by atoms with van der Waals surface area (Å²) in [6, 6.07) is 19.4. The summed E-state index contributed by atoms with van der Waals surface area (Å²) in [5.74, 6) is 1.08. The Morgan fingerprint density at radius 1 is 0.767 bits per heavy atom. The number of anilines is 1. The maximum atomic E-state index is 13.8. The lowest BCUT2D eigenvalue weighted by Crippen LogP contribution is -2.39. The van der Waals surface area contributed by atoms with Crippen molar-refractivity contribution in [3.05, 3.63) is 112 Å². The van der Waals surface area contributed by atoms with E-state index < -0.39 is 0 Å². The molecule has 3 amide bonds. The normalized spacial score (nSPS) is 17.1. The number of nitrogens with zero attached hydrogens (tertiary/aromatic N) is 3. The minimum Gasteiger partial charge on any atom is -0.331 e. The molecule has 0 aliphatic carbocycles. The molecular formula is C33H32ClN4O4S+. The molecule has 0 radical (unpaired) electrons. The lowest BCUT2D eigenvalue weighted by atomic mass is 10.1. The molecule has 3 heterocycles. The second kappa shape index (κ2) is 12.8. The minimum absolute atomic E-state index is 0.0317. The van der Waals surface area contributed by atoms with Crippen LogP contribution in [0.5, 0.6) is 0 Å². The lowest BCUT2D eigenvalue weighted by Gasteiger charge is -2.24. The molecule has 3 aromatic carbocycles. The quantitative estimate of drug-likeness (QED) is 0.347. The Kier molecular flexibility index (Phi) is 8.65.